The van der Waals surface area contributed by atoms with Crippen LogP contribution in [0.3, 0.4) is 0 Å². The fourth-order valence-electron chi connectivity index (χ4n) is 0.645. The van der Waals surface area contributed by atoms with E-state index < -0.39 is 0 Å². The lowest BCUT2D eigenvalue weighted by Gasteiger charge is -2.11. The summed E-state index contributed by atoms with van der Waals surface area (Å²) < 4.78 is 4.78. The van der Waals surface area contributed by atoms with Crippen LogP contribution in [0.25, 0.3) is 0 Å². The van der Waals surface area contributed by atoms with E-state index in [2.05, 4.69) is 5.32 Å². The molecular formula is C6H12N2O2. The number of aliphatic hydroxyl groups excluding tert-OH is 1. The topological polar surface area (TPSA) is 65.3 Å². The van der Waals surface area contributed by atoms with Gasteiger partial charge in [-0.1, -0.05) is 0 Å². The standard InChI is InChI=1S/C6H12N2O2/c1-10-4-6(2-3-9)8-5-7/h6,8-9H,2-4H2,1H3. The quantitative estimate of drug-likeness (QED) is 0.401. The number of nitrogens with zero attached hydrogens (tertiary/aromatic N) is 1. The normalized spacial score (nSPS) is 12.1. The molecule has 0 aliphatic carbocycles. The number of ether oxygens (including phenoxy) is 1. The molecule has 0 saturated carbocycles. The van der Waals surface area contributed by atoms with Gasteiger partial charge in [-0.25, -0.2) is 0 Å². The summed E-state index contributed by atoms with van der Waals surface area (Å²) in [5.74, 6) is 0. The zero-order valence-electron chi connectivity index (χ0n) is 6.00. The maximum absolute atomic E-state index is 8.48. The van der Waals surface area contributed by atoms with Gasteiger partial charge >= 0.3 is 0 Å². The number of nitriles is 1. The zero-order chi connectivity index (χ0) is 7.82. The maximum atomic E-state index is 8.48. The molecule has 0 rings (SSSR count). The van der Waals surface area contributed by atoms with E-state index in [0.29, 0.717) is 13.0 Å². The lowest BCUT2D eigenvalue weighted by molar-refractivity contribution is 0.155. The molecule has 0 fully saturated rings. The van der Waals surface area contributed by atoms with Crippen molar-refractivity contribution in [2.45, 2.75) is 12.5 Å². The summed E-state index contributed by atoms with van der Waals surface area (Å²) in [5, 5.41) is 19.2. The van der Waals surface area contributed by atoms with Gasteiger partial charge in [-0.2, -0.15) is 5.26 Å². The Bertz CT molecular complexity index is 105. The molecule has 2 N–H and O–H groups in total. The van der Waals surface area contributed by atoms with Crippen LogP contribution in [-0.4, -0.2) is 31.5 Å². The number of hydrogen-bond acceptors (Lipinski definition) is 4. The summed E-state index contributed by atoms with van der Waals surface area (Å²) in [5.41, 5.74) is 0. The highest BCUT2D eigenvalue weighted by atomic mass is 16.5. The predicted molar refractivity (Wildman–Crippen MR) is 36.1 cm³/mol. The lowest BCUT2D eigenvalue weighted by atomic mass is 10.2. The van der Waals surface area contributed by atoms with Crippen LogP contribution in [0.4, 0.5) is 0 Å². The SMILES string of the molecule is COCC(CCO)NC#N. The third kappa shape index (κ3) is 4.13. The highest BCUT2D eigenvalue weighted by Crippen LogP contribution is 1.89. The summed E-state index contributed by atoms with van der Waals surface area (Å²) >= 11 is 0. The van der Waals surface area contributed by atoms with E-state index in [1.807, 2.05) is 0 Å². The number of rotatable bonds is 5. The fourth-order valence-corrected chi connectivity index (χ4v) is 0.645. The second-order valence-corrected chi connectivity index (χ2v) is 1.92. The molecule has 1 atom stereocenters. The second-order valence-electron chi connectivity index (χ2n) is 1.92. The minimum atomic E-state index is -0.0556. The van der Waals surface area contributed by atoms with Crippen LogP contribution in [0, 0.1) is 11.5 Å². The van der Waals surface area contributed by atoms with Gasteiger partial charge in [0.25, 0.3) is 0 Å². The Balaban J connectivity index is 3.42. The Morgan fingerprint density at radius 2 is 2.50 bits per heavy atom. The van der Waals surface area contributed by atoms with Gasteiger partial charge in [0.05, 0.1) is 12.6 Å². The van der Waals surface area contributed by atoms with Gasteiger partial charge in [0.1, 0.15) is 0 Å². The van der Waals surface area contributed by atoms with Crippen molar-refractivity contribution in [1.29, 1.82) is 5.26 Å². The fraction of sp³-hybridized carbons (Fsp3) is 0.833. The van der Waals surface area contributed by atoms with Crippen molar-refractivity contribution in [2.24, 2.45) is 0 Å². The van der Waals surface area contributed by atoms with E-state index in [9.17, 15) is 0 Å². The lowest BCUT2D eigenvalue weighted by Crippen LogP contribution is -2.30. The van der Waals surface area contributed by atoms with E-state index in [0.717, 1.165) is 0 Å². The molecule has 58 valence electrons. The summed E-state index contributed by atoms with van der Waals surface area (Å²) in [6.07, 6.45) is 2.34. The van der Waals surface area contributed by atoms with E-state index in [-0.39, 0.29) is 12.6 Å². The summed E-state index contributed by atoms with van der Waals surface area (Å²) in [6, 6.07) is -0.0556. The number of methoxy groups -OCH3 is 1. The smallest absolute Gasteiger partial charge is 0.176 e. The molecule has 0 aromatic heterocycles. The molecule has 0 bridgehead atoms. The molecule has 1 unspecified atom stereocenters. The molecule has 0 radical (unpaired) electrons. The average molecular weight is 144 g/mol. The van der Waals surface area contributed by atoms with Crippen LogP contribution in [0.2, 0.25) is 0 Å². The first-order valence-corrected chi connectivity index (χ1v) is 3.09. The molecule has 0 amide bonds. The van der Waals surface area contributed by atoms with Crippen LogP contribution >= 0.6 is 0 Å². The Morgan fingerprint density at radius 1 is 1.80 bits per heavy atom. The Kier molecular flexibility index (Phi) is 5.83. The van der Waals surface area contributed by atoms with Gasteiger partial charge in [-0.15, -0.1) is 0 Å². The zero-order valence-corrected chi connectivity index (χ0v) is 6.00. The molecule has 0 spiro atoms. The van der Waals surface area contributed by atoms with E-state index in [1.54, 1.807) is 13.3 Å². The molecule has 0 heterocycles. The Morgan fingerprint density at radius 3 is 2.90 bits per heavy atom. The molecule has 0 aliphatic heterocycles. The first-order chi connectivity index (χ1) is 4.85. The molecule has 4 heteroatoms. The van der Waals surface area contributed by atoms with Gasteiger partial charge in [-0.05, 0) is 6.42 Å². The van der Waals surface area contributed by atoms with Gasteiger partial charge in [0.15, 0.2) is 6.19 Å². The van der Waals surface area contributed by atoms with Gasteiger partial charge in [0, 0.05) is 13.7 Å². The predicted octanol–water partition coefficient (Wildman–Crippen LogP) is -0.546. The highest BCUT2D eigenvalue weighted by molar-refractivity contribution is 4.75. The molecule has 0 aliphatic rings. The maximum Gasteiger partial charge on any atom is 0.176 e. The summed E-state index contributed by atoms with van der Waals surface area (Å²) in [6.45, 7) is 0.525. The third-order valence-electron chi connectivity index (χ3n) is 1.11. The average Bonchev–Trinajstić information content (AvgIpc) is 1.90. The van der Waals surface area contributed by atoms with Gasteiger partial charge < -0.3 is 15.2 Å². The van der Waals surface area contributed by atoms with Crippen molar-refractivity contribution in [3.05, 3.63) is 0 Å². The highest BCUT2D eigenvalue weighted by Gasteiger charge is 2.04. The van der Waals surface area contributed by atoms with Crippen molar-refractivity contribution in [2.75, 3.05) is 20.3 Å². The van der Waals surface area contributed by atoms with E-state index in [4.69, 9.17) is 15.1 Å². The number of nitrogens with one attached hydrogen (secondary N) is 1. The Labute approximate surface area is 60.4 Å². The second kappa shape index (κ2) is 6.33. The van der Waals surface area contributed by atoms with Crippen molar-refractivity contribution >= 4 is 0 Å². The minimum absolute atomic E-state index is 0.0556. The van der Waals surface area contributed by atoms with Crippen LogP contribution < -0.4 is 5.32 Å². The molecule has 10 heavy (non-hydrogen) atoms. The number of hydrogen-bond donors (Lipinski definition) is 2. The van der Waals surface area contributed by atoms with Crippen LogP contribution in [0.5, 0.6) is 0 Å². The first-order valence-electron chi connectivity index (χ1n) is 3.09. The first kappa shape index (κ1) is 9.21. The van der Waals surface area contributed by atoms with Crippen LogP contribution in [0.15, 0.2) is 0 Å². The van der Waals surface area contributed by atoms with Crippen LogP contribution in [0.1, 0.15) is 6.42 Å². The van der Waals surface area contributed by atoms with Crippen molar-refractivity contribution in [1.82, 2.24) is 5.32 Å². The molecule has 4 nitrogen and oxygen atoms in total. The monoisotopic (exact) mass is 144 g/mol. The van der Waals surface area contributed by atoms with Crippen molar-refractivity contribution in [3.63, 3.8) is 0 Å². The summed E-state index contributed by atoms with van der Waals surface area (Å²) in [7, 11) is 1.56. The molecule has 0 saturated heterocycles. The largest absolute Gasteiger partial charge is 0.396 e. The Hall–Kier alpha value is -0.790. The molecular weight excluding hydrogens is 132 g/mol. The van der Waals surface area contributed by atoms with Crippen LogP contribution in [-0.2, 0) is 4.74 Å². The molecule has 0 aromatic carbocycles. The van der Waals surface area contributed by atoms with Crippen molar-refractivity contribution in [3.8, 4) is 6.19 Å². The van der Waals surface area contributed by atoms with Crippen molar-refractivity contribution < 1.29 is 9.84 Å². The van der Waals surface area contributed by atoms with Gasteiger partial charge in [-0.3, -0.25) is 0 Å². The number of aliphatic hydroxyl groups is 1. The molecule has 0 aromatic rings. The third-order valence-corrected chi connectivity index (χ3v) is 1.11. The van der Waals surface area contributed by atoms with E-state index in [1.165, 1.54) is 0 Å². The minimum Gasteiger partial charge on any atom is -0.396 e. The summed E-state index contributed by atoms with van der Waals surface area (Å²) in [4.78, 5) is 0. The van der Waals surface area contributed by atoms with E-state index >= 15 is 0 Å². The van der Waals surface area contributed by atoms with Gasteiger partial charge in [0.2, 0.25) is 0 Å².